The Bertz CT molecular complexity index is 424. The summed E-state index contributed by atoms with van der Waals surface area (Å²) in [5.74, 6) is 6.57. The van der Waals surface area contributed by atoms with Crippen LogP contribution >= 0.6 is 11.6 Å². The van der Waals surface area contributed by atoms with E-state index in [0.717, 1.165) is 41.7 Å². The molecule has 0 bridgehead atoms. The smallest absolute Gasteiger partial charge is 0.0847 e. The summed E-state index contributed by atoms with van der Waals surface area (Å²) in [6, 6.07) is 0.289. The lowest BCUT2D eigenvalue weighted by molar-refractivity contribution is 0.296. The lowest BCUT2D eigenvalue weighted by atomic mass is 9.84. The molecule has 3 N–H and O–H groups in total. The summed E-state index contributed by atoms with van der Waals surface area (Å²) in [4.78, 5) is 0. The van der Waals surface area contributed by atoms with E-state index in [9.17, 15) is 0 Å². The largest absolute Gasteiger partial charge is 0.271 e. The Balaban J connectivity index is 2.02. The Morgan fingerprint density at radius 2 is 2.10 bits per heavy atom. The van der Waals surface area contributed by atoms with E-state index in [1.54, 1.807) is 0 Å². The van der Waals surface area contributed by atoms with E-state index in [-0.39, 0.29) is 6.04 Å². The van der Waals surface area contributed by atoms with Crippen LogP contribution in [-0.4, -0.2) is 15.8 Å². The fraction of sp³-hybridized carbons (Fsp3) is 0.800. The predicted molar refractivity (Wildman–Crippen MR) is 83.7 cm³/mol. The van der Waals surface area contributed by atoms with Gasteiger partial charge in [-0.15, -0.1) is 0 Å². The van der Waals surface area contributed by atoms with Gasteiger partial charge in [-0.05, 0) is 26.2 Å². The molecule has 1 aliphatic rings. The van der Waals surface area contributed by atoms with Crippen LogP contribution in [0.5, 0.6) is 0 Å². The topological polar surface area (TPSA) is 55.9 Å². The van der Waals surface area contributed by atoms with Crippen LogP contribution in [0.4, 0.5) is 0 Å². The number of nitrogens with one attached hydrogen (secondary N) is 1. The second-order valence-electron chi connectivity index (χ2n) is 5.97. The molecule has 1 saturated carbocycles. The number of hydrogen-bond acceptors (Lipinski definition) is 3. The summed E-state index contributed by atoms with van der Waals surface area (Å²) in [5, 5.41) is 5.28. The second-order valence-corrected chi connectivity index (χ2v) is 6.35. The van der Waals surface area contributed by atoms with Gasteiger partial charge in [0, 0.05) is 19.0 Å². The normalized spacial score (nSPS) is 18.4. The molecule has 114 valence electrons. The number of aryl methyl sites for hydroxylation is 2. The SMILES string of the molecule is CCn1nc(C)c(Cl)c1CC(CC1CCCCC1)NN. The molecule has 1 aliphatic carbocycles. The molecule has 1 aromatic rings. The van der Waals surface area contributed by atoms with Crippen molar-refractivity contribution in [1.82, 2.24) is 15.2 Å². The van der Waals surface area contributed by atoms with Crippen LogP contribution in [0.2, 0.25) is 5.02 Å². The van der Waals surface area contributed by atoms with Gasteiger partial charge in [-0.3, -0.25) is 16.0 Å². The van der Waals surface area contributed by atoms with Crippen molar-refractivity contribution >= 4 is 11.6 Å². The minimum absolute atomic E-state index is 0.289. The van der Waals surface area contributed by atoms with Crippen molar-refractivity contribution in [2.24, 2.45) is 11.8 Å². The van der Waals surface area contributed by atoms with Crippen LogP contribution in [-0.2, 0) is 13.0 Å². The van der Waals surface area contributed by atoms with Crippen LogP contribution in [0.1, 0.15) is 56.8 Å². The van der Waals surface area contributed by atoms with E-state index in [2.05, 4.69) is 17.4 Å². The van der Waals surface area contributed by atoms with E-state index in [1.165, 1.54) is 32.1 Å². The van der Waals surface area contributed by atoms with Crippen LogP contribution < -0.4 is 11.3 Å². The maximum Gasteiger partial charge on any atom is 0.0847 e. The summed E-state index contributed by atoms with van der Waals surface area (Å²) >= 11 is 6.38. The number of rotatable bonds is 6. The molecule has 5 heteroatoms. The van der Waals surface area contributed by atoms with Gasteiger partial charge in [0.25, 0.3) is 0 Å². The highest BCUT2D eigenvalue weighted by molar-refractivity contribution is 6.31. The molecule has 1 aromatic heterocycles. The molecule has 1 unspecified atom stereocenters. The van der Waals surface area contributed by atoms with Gasteiger partial charge in [0.1, 0.15) is 0 Å². The molecule has 0 spiro atoms. The first-order valence-corrected chi connectivity index (χ1v) is 8.21. The third kappa shape index (κ3) is 3.74. The summed E-state index contributed by atoms with van der Waals surface area (Å²) in [7, 11) is 0. The van der Waals surface area contributed by atoms with Crippen LogP contribution in [0.25, 0.3) is 0 Å². The highest BCUT2D eigenvalue weighted by atomic mass is 35.5. The second kappa shape index (κ2) is 7.43. The molecule has 0 radical (unpaired) electrons. The third-order valence-corrected chi connectivity index (χ3v) is 4.96. The Morgan fingerprint density at radius 3 is 2.70 bits per heavy atom. The molecule has 1 heterocycles. The fourth-order valence-electron chi connectivity index (χ4n) is 3.33. The van der Waals surface area contributed by atoms with Gasteiger partial charge in [-0.2, -0.15) is 5.10 Å². The molecule has 1 atom stereocenters. The molecule has 0 aromatic carbocycles. The van der Waals surface area contributed by atoms with Crippen molar-refractivity contribution in [3.8, 4) is 0 Å². The van der Waals surface area contributed by atoms with Crippen molar-refractivity contribution in [2.75, 3.05) is 0 Å². The molecule has 0 amide bonds. The molecular weight excluding hydrogens is 272 g/mol. The Hall–Kier alpha value is -0.580. The van der Waals surface area contributed by atoms with E-state index in [0.29, 0.717) is 0 Å². The average Bonchev–Trinajstić information content (AvgIpc) is 2.75. The van der Waals surface area contributed by atoms with Crippen molar-refractivity contribution in [3.05, 3.63) is 16.4 Å². The summed E-state index contributed by atoms with van der Waals surface area (Å²) in [6.07, 6.45) is 8.82. The molecule has 0 saturated heterocycles. The molecule has 2 rings (SSSR count). The Kier molecular flexibility index (Phi) is 5.87. The Morgan fingerprint density at radius 1 is 1.40 bits per heavy atom. The van der Waals surface area contributed by atoms with E-state index in [1.807, 2.05) is 11.6 Å². The van der Waals surface area contributed by atoms with E-state index in [4.69, 9.17) is 17.4 Å². The zero-order chi connectivity index (χ0) is 14.5. The van der Waals surface area contributed by atoms with Gasteiger partial charge in [0.2, 0.25) is 0 Å². The van der Waals surface area contributed by atoms with Crippen molar-refractivity contribution in [2.45, 2.75) is 71.4 Å². The van der Waals surface area contributed by atoms with Crippen LogP contribution in [0.15, 0.2) is 0 Å². The number of hydrogen-bond donors (Lipinski definition) is 2. The minimum Gasteiger partial charge on any atom is -0.271 e. The number of hydrazine groups is 1. The van der Waals surface area contributed by atoms with Gasteiger partial charge in [0.15, 0.2) is 0 Å². The quantitative estimate of drug-likeness (QED) is 0.626. The van der Waals surface area contributed by atoms with E-state index >= 15 is 0 Å². The van der Waals surface area contributed by atoms with Gasteiger partial charge < -0.3 is 0 Å². The maximum absolute atomic E-state index is 6.38. The van der Waals surface area contributed by atoms with Gasteiger partial charge in [-0.1, -0.05) is 43.7 Å². The zero-order valence-corrected chi connectivity index (χ0v) is 13.4. The first-order valence-electron chi connectivity index (χ1n) is 7.83. The number of nitrogens with zero attached hydrogens (tertiary/aromatic N) is 2. The van der Waals surface area contributed by atoms with Gasteiger partial charge in [0.05, 0.1) is 16.4 Å². The number of halogens is 1. The number of nitrogens with two attached hydrogens (primary N) is 1. The first kappa shape index (κ1) is 15.8. The zero-order valence-electron chi connectivity index (χ0n) is 12.7. The molecule has 1 fully saturated rings. The molecule has 20 heavy (non-hydrogen) atoms. The standard InChI is InChI=1S/C15H27ClN4/c1-3-20-14(15(16)11(2)19-20)10-13(18-17)9-12-7-5-4-6-8-12/h12-13,18H,3-10,17H2,1-2H3. The van der Waals surface area contributed by atoms with Gasteiger partial charge >= 0.3 is 0 Å². The summed E-state index contributed by atoms with van der Waals surface area (Å²) < 4.78 is 2.00. The minimum atomic E-state index is 0.289. The van der Waals surface area contributed by atoms with Crippen LogP contribution in [0, 0.1) is 12.8 Å². The average molecular weight is 299 g/mol. The summed E-state index contributed by atoms with van der Waals surface area (Å²) in [6.45, 7) is 4.91. The fourth-order valence-corrected chi connectivity index (χ4v) is 3.55. The molecular formula is C15H27ClN4. The third-order valence-electron chi connectivity index (χ3n) is 4.47. The first-order chi connectivity index (χ1) is 9.65. The summed E-state index contributed by atoms with van der Waals surface area (Å²) in [5.41, 5.74) is 5.02. The van der Waals surface area contributed by atoms with Crippen molar-refractivity contribution < 1.29 is 0 Å². The maximum atomic E-state index is 6.38. The lowest BCUT2D eigenvalue weighted by Gasteiger charge is -2.26. The Labute approximate surface area is 127 Å². The van der Waals surface area contributed by atoms with Crippen molar-refractivity contribution in [1.29, 1.82) is 0 Å². The lowest BCUT2D eigenvalue weighted by Crippen LogP contribution is -2.39. The highest BCUT2D eigenvalue weighted by Gasteiger charge is 2.21. The predicted octanol–water partition coefficient (Wildman–Crippen LogP) is 3.21. The molecule has 4 nitrogen and oxygen atoms in total. The van der Waals surface area contributed by atoms with Crippen LogP contribution in [0.3, 0.4) is 0 Å². The number of aromatic nitrogens is 2. The van der Waals surface area contributed by atoms with E-state index < -0.39 is 0 Å². The highest BCUT2D eigenvalue weighted by Crippen LogP contribution is 2.29. The van der Waals surface area contributed by atoms with Gasteiger partial charge in [-0.25, -0.2) is 0 Å². The van der Waals surface area contributed by atoms with Crippen molar-refractivity contribution in [3.63, 3.8) is 0 Å². The molecule has 0 aliphatic heterocycles. The monoisotopic (exact) mass is 298 g/mol.